The van der Waals surface area contributed by atoms with Crippen LogP contribution >= 0.6 is 50.7 Å². The number of halogens is 4. The lowest BCUT2D eigenvalue weighted by Gasteiger charge is -2.09. The minimum atomic E-state index is -0.953. The van der Waals surface area contributed by atoms with Crippen molar-refractivity contribution >= 4 is 68.4 Å². The molecule has 0 fully saturated rings. The van der Waals surface area contributed by atoms with Crippen molar-refractivity contribution in [3.63, 3.8) is 0 Å². The van der Waals surface area contributed by atoms with Crippen molar-refractivity contribution in [1.29, 1.82) is 0 Å². The Hall–Kier alpha value is -0.490. The molecule has 1 aromatic carbocycles. The highest BCUT2D eigenvalue weighted by Crippen LogP contribution is 2.25. The summed E-state index contributed by atoms with van der Waals surface area (Å²) < 4.78 is 0.703. The smallest absolute Gasteiger partial charge is 0.308 e. The summed E-state index contributed by atoms with van der Waals surface area (Å²) >= 11 is 20.0. The van der Waals surface area contributed by atoms with E-state index in [4.69, 9.17) is 34.8 Å². The lowest BCUT2D eigenvalue weighted by atomic mass is 10.3. The summed E-state index contributed by atoms with van der Waals surface area (Å²) in [6.45, 7) is 0. The molecule has 0 heterocycles. The fourth-order valence-corrected chi connectivity index (χ4v) is 1.62. The third-order valence-corrected chi connectivity index (χ3v) is 3.89. The van der Waals surface area contributed by atoms with Crippen LogP contribution in [-0.2, 0) is 4.79 Å². The van der Waals surface area contributed by atoms with Crippen LogP contribution in [0.25, 0.3) is 0 Å². The lowest BCUT2D eigenvalue weighted by molar-refractivity contribution is -0.119. The second-order valence-corrected chi connectivity index (χ2v) is 5.29. The van der Waals surface area contributed by atoms with Crippen LogP contribution in [0.1, 0.15) is 0 Å². The van der Waals surface area contributed by atoms with Gasteiger partial charge in [-0.05, 0) is 34.1 Å². The molecule has 3 amide bonds. The highest BCUT2D eigenvalue weighted by Gasteiger charge is 2.16. The fourth-order valence-electron chi connectivity index (χ4n) is 0.997. The van der Waals surface area contributed by atoms with Gasteiger partial charge in [0.2, 0.25) is 5.91 Å². The summed E-state index contributed by atoms with van der Waals surface area (Å²) in [6, 6.07) is 4.13. The van der Waals surface area contributed by atoms with Crippen LogP contribution in [0.15, 0.2) is 22.7 Å². The number of anilines is 1. The summed E-state index contributed by atoms with van der Waals surface area (Å²) in [7, 11) is 0. The number of imide groups is 1. The van der Waals surface area contributed by atoms with E-state index < -0.39 is 17.3 Å². The second-order valence-electron chi connectivity index (χ2n) is 3.19. The molecular weight excluding hydrogens is 366 g/mol. The number of carbonyl (C=O) groups excluding carboxylic acids is 2. The van der Waals surface area contributed by atoms with E-state index in [2.05, 4.69) is 26.6 Å². The average Bonchev–Trinajstić information content (AvgIpc) is 2.32. The predicted octanol–water partition coefficient (Wildman–Crippen LogP) is 3.60. The highest BCUT2D eigenvalue weighted by molar-refractivity contribution is 9.10. The Balaban J connectivity index is 2.59. The molecule has 0 bridgehead atoms. The number of carbonyl (C=O) groups is 2. The summed E-state index contributed by atoms with van der Waals surface area (Å²) in [6.07, 6.45) is 0. The Morgan fingerprint density at radius 2 is 2.06 bits per heavy atom. The largest absolute Gasteiger partial charge is 0.325 e. The Bertz CT molecular complexity index is 470. The van der Waals surface area contributed by atoms with Gasteiger partial charge in [-0.2, -0.15) is 0 Å². The molecule has 0 saturated heterocycles. The molecule has 0 saturated carbocycles. The fraction of sp³-hybridized carbons (Fsp3) is 0.200. The second kappa shape index (κ2) is 7.19. The number of nitrogens with one attached hydrogen (secondary N) is 2. The van der Waals surface area contributed by atoms with Crippen molar-refractivity contribution in [1.82, 2.24) is 5.32 Å². The number of benzene rings is 1. The van der Waals surface area contributed by atoms with Crippen LogP contribution in [0.3, 0.4) is 0 Å². The van der Waals surface area contributed by atoms with Gasteiger partial charge in [-0.15, -0.1) is 23.2 Å². The number of hydrogen-bond acceptors (Lipinski definition) is 2. The molecule has 1 unspecified atom stereocenters. The molecule has 0 spiro atoms. The molecule has 1 rings (SSSR count). The summed E-state index contributed by atoms with van der Waals surface area (Å²) in [4.78, 5) is 22.7. The third kappa shape index (κ3) is 4.65. The molecule has 1 atom stereocenters. The van der Waals surface area contributed by atoms with Gasteiger partial charge in [0.25, 0.3) is 0 Å². The van der Waals surface area contributed by atoms with Gasteiger partial charge in [0, 0.05) is 16.0 Å². The zero-order valence-electron chi connectivity index (χ0n) is 8.84. The molecule has 0 aliphatic carbocycles. The van der Waals surface area contributed by atoms with E-state index in [1.54, 1.807) is 12.1 Å². The van der Waals surface area contributed by atoms with Crippen molar-refractivity contribution in [2.75, 3.05) is 11.2 Å². The molecule has 0 radical (unpaired) electrons. The van der Waals surface area contributed by atoms with E-state index in [1.165, 1.54) is 6.07 Å². The van der Waals surface area contributed by atoms with Crippen molar-refractivity contribution < 1.29 is 9.59 Å². The lowest BCUT2D eigenvalue weighted by Crippen LogP contribution is -2.39. The van der Waals surface area contributed by atoms with Gasteiger partial charge in [-0.1, -0.05) is 11.6 Å². The van der Waals surface area contributed by atoms with Crippen LogP contribution in [0.2, 0.25) is 5.02 Å². The minimum absolute atomic E-state index is 0.0786. The third-order valence-electron chi connectivity index (χ3n) is 1.83. The number of alkyl halides is 2. The molecular formula is C10H8BrCl3N2O2. The van der Waals surface area contributed by atoms with Crippen LogP contribution in [0, 0.1) is 0 Å². The zero-order valence-corrected chi connectivity index (χ0v) is 12.7. The Kier molecular flexibility index (Phi) is 6.21. The van der Waals surface area contributed by atoms with Crippen LogP contribution in [-0.4, -0.2) is 23.2 Å². The van der Waals surface area contributed by atoms with Gasteiger partial charge in [0.15, 0.2) is 0 Å². The number of rotatable bonds is 3. The van der Waals surface area contributed by atoms with Crippen molar-refractivity contribution in [2.24, 2.45) is 0 Å². The van der Waals surface area contributed by atoms with Crippen molar-refractivity contribution in [2.45, 2.75) is 5.38 Å². The quantitative estimate of drug-likeness (QED) is 0.795. The van der Waals surface area contributed by atoms with Gasteiger partial charge in [-0.3, -0.25) is 10.1 Å². The molecule has 0 aromatic heterocycles. The van der Waals surface area contributed by atoms with Crippen molar-refractivity contribution in [3.8, 4) is 0 Å². The summed E-state index contributed by atoms with van der Waals surface area (Å²) in [5.74, 6) is -0.738. The summed E-state index contributed by atoms with van der Waals surface area (Å²) in [5.41, 5.74) is 0.450. The van der Waals surface area contributed by atoms with Gasteiger partial charge in [0.05, 0.1) is 5.02 Å². The normalized spacial score (nSPS) is 11.8. The first-order chi connectivity index (χ1) is 8.43. The monoisotopic (exact) mass is 372 g/mol. The maximum atomic E-state index is 11.4. The van der Waals surface area contributed by atoms with Gasteiger partial charge in [-0.25, -0.2) is 4.79 Å². The minimum Gasteiger partial charge on any atom is -0.308 e. The molecule has 4 nitrogen and oxygen atoms in total. The molecule has 0 aliphatic rings. The van der Waals surface area contributed by atoms with E-state index >= 15 is 0 Å². The standard InChI is InChI=1S/C10H8BrCl3N2O2/c11-6-2-1-5(3-7(6)13)15-10(18)16-9(17)8(14)4-12/h1-3,8H,4H2,(H2,15,16,17,18). The first-order valence-corrected chi connectivity index (χ1v) is 6.85. The van der Waals surface area contributed by atoms with Gasteiger partial charge >= 0.3 is 6.03 Å². The molecule has 8 heteroatoms. The first kappa shape index (κ1) is 15.6. The van der Waals surface area contributed by atoms with Crippen LogP contribution in [0.5, 0.6) is 0 Å². The topological polar surface area (TPSA) is 58.2 Å². The van der Waals surface area contributed by atoms with E-state index in [-0.39, 0.29) is 5.88 Å². The van der Waals surface area contributed by atoms with Crippen LogP contribution in [0.4, 0.5) is 10.5 Å². The van der Waals surface area contributed by atoms with Gasteiger partial charge < -0.3 is 5.32 Å². The Morgan fingerprint density at radius 3 is 2.61 bits per heavy atom. The van der Waals surface area contributed by atoms with E-state index in [0.29, 0.717) is 15.2 Å². The molecule has 0 aliphatic heterocycles. The number of urea groups is 1. The number of hydrogen-bond donors (Lipinski definition) is 2. The molecule has 1 aromatic rings. The average molecular weight is 374 g/mol. The Morgan fingerprint density at radius 1 is 1.39 bits per heavy atom. The first-order valence-electron chi connectivity index (χ1n) is 4.71. The SMILES string of the molecule is O=C(NC(=O)C(Cl)CCl)Nc1ccc(Br)c(Cl)c1. The van der Waals surface area contributed by atoms with E-state index in [0.717, 1.165) is 0 Å². The molecule has 2 N–H and O–H groups in total. The molecule has 98 valence electrons. The van der Waals surface area contributed by atoms with E-state index in [1.807, 2.05) is 0 Å². The summed E-state index contributed by atoms with van der Waals surface area (Å²) in [5, 5.41) is 3.98. The van der Waals surface area contributed by atoms with Crippen LogP contribution < -0.4 is 10.6 Å². The van der Waals surface area contributed by atoms with Crippen molar-refractivity contribution in [3.05, 3.63) is 27.7 Å². The highest BCUT2D eigenvalue weighted by atomic mass is 79.9. The predicted molar refractivity (Wildman–Crippen MR) is 76.7 cm³/mol. The zero-order chi connectivity index (χ0) is 13.7. The maximum absolute atomic E-state index is 11.4. The van der Waals surface area contributed by atoms with E-state index in [9.17, 15) is 9.59 Å². The maximum Gasteiger partial charge on any atom is 0.325 e. The molecule has 18 heavy (non-hydrogen) atoms. The Labute approximate surface area is 127 Å². The number of amides is 3. The van der Waals surface area contributed by atoms with Gasteiger partial charge in [0.1, 0.15) is 5.38 Å².